The average Bonchev–Trinajstić information content (AvgIpc) is 2.51. The summed E-state index contributed by atoms with van der Waals surface area (Å²) in [6.07, 6.45) is 0. The second-order valence-electron chi connectivity index (χ2n) is 4.16. The van der Waals surface area contributed by atoms with Crippen LogP contribution in [-0.2, 0) is 13.3 Å². The molecule has 21 heavy (non-hydrogen) atoms. The van der Waals surface area contributed by atoms with Crippen molar-refractivity contribution in [1.29, 1.82) is 0 Å². The first-order valence-corrected chi connectivity index (χ1v) is 9.29. The maximum absolute atomic E-state index is 5.22. The molecule has 0 heterocycles. The van der Waals surface area contributed by atoms with Crippen molar-refractivity contribution in [2.45, 2.75) is 34.6 Å². The summed E-state index contributed by atoms with van der Waals surface area (Å²) < 4.78 is 15.7. The van der Waals surface area contributed by atoms with E-state index >= 15 is 0 Å². The first-order chi connectivity index (χ1) is 10.2. The lowest BCUT2D eigenvalue weighted by Gasteiger charge is -2.20. The highest BCUT2D eigenvalue weighted by Crippen LogP contribution is 2.11. The van der Waals surface area contributed by atoms with E-state index in [-0.39, 0.29) is 0 Å². The van der Waals surface area contributed by atoms with E-state index in [9.17, 15) is 0 Å². The Morgan fingerprint density at radius 2 is 1.19 bits per heavy atom. The van der Waals surface area contributed by atoms with Gasteiger partial charge in [0.05, 0.1) is 0 Å². The molecule has 0 radical (unpaired) electrons. The van der Waals surface area contributed by atoms with E-state index in [1.165, 1.54) is 5.69 Å². The molecule has 4 nitrogen and oxygen atoms in total. The van der Waals surface area contributed by atoms with Crippen molar-refractivity contribution < 1.29 is 13.3 Å². The smallest absolute Gasteiger partial charge is 0.376 e. The molecule has 0 aliphatic rings. The lowest BCUT2D eigenvalue weighted by Crippen LogP contribution is -2.27. The molecule has 122 valence electrons. The van der Waals surface area contributed by atoms with E-state index in [0.717, 1.165) is 13.1 Å². The molecule has 0 fully saturated rings. The lowest BCUT2D eigenvalue weighted by atomic mass is 10.3. The molecule has 0 aromatic heterocycles. The van der Waals surface area contributed by atoms with Crippen LogP contribution in [0.5, 0.6) is 0 Å². The molecule has 5 heteroatoms. The van der Waals surface area contributed by atoms with Crippen molar-refractivity contribution in [3.63, 3.8) is 0 Å². The third-order valence-electron chi connectivity index (χ3n) is 2.79. The molecule has 1 aromatic carbocycles. The average molecular weight is 314 g/mol. The zero-order valence-electron chi connectivity index (χ0n) is 14.2. The maximum atomic E-state index is 5.22. The van der Waals surface area contributed by atoms with Gasteiger partial charge in [-0.2, -0.15) is 0 Å². The Morgan fingerprint density at radius 3 is 1.52 bits per heavy atom. The molecule has 0 amide bonds. The highest BCUT2D eigenvalue weighted by molar-refractivity contribution is 6.36. The minimum atomic E-state index is -1.73. The highest BCUT2D eigenvalue weighted by atomic mass is 28.3. The van der Waals surface area contributed by atoms with Crippen LogP contribution in [-0.4, -0.2) is 42.4 Å². The third kappa shape index (κ3) is 9.63. The second-order valence-corrected chi connectivity index (χ2v) is 5.74. The summed E-state index contributed by atoms with van der Waals surface area (Å²) in [6, 6.07) is 10.5. The molecule has 0 spiro atoms. The van der Waals surface area contributed by atoms with Crippen molar-refractivity contribution in [1.82, 2.24) is 0 Å². The molecule has 0 unspecified atom stereocenters. The molecular formula is C16H31NO3Si. The summed E-state index contributed by atoms with van der Waals surface area (Å²) in [5, 5.41) is 0. The summed E-state index contributed by atoms with van der Waals surface area (Å²) in [4.78, 5) is 2.33. The largest absolute Gasteiger partial charge is 0.484 e. The van der Waals surface area contributed by atoms with Gasteiger partial charge in [-0.15, -0.1) is 0 Å². The van der Waals surface area contributed by atoms with Gasteiger partial charge < -0.3 is 18.2 Å². The molecular weight excluding hydrogens is 282 g/mol. The molecule has 0 saturated heterocycles. The number of anilines is 1. The van der Waals surface area contributed by atoms with Crippen LogP contribution in [0.15, 0.2) is 30.3 Å². The van der Waals surface area contributed by atoms with Gasteiger partial charge in [0.15, 0.2) is 0 Å². The Labute approximate surface area is 132 Å². The van der Waals surface area contributed by atoms with Gasteiger partial charge >= 0.3 is 9.53 Å². The van der Waals surface area contributed by atoms with Gasteiger partial charge in [0.2, 0.25) is 0 Å². The van der Waals surface area contributed by atoms with E-state index in [2.05, 4.69) is 43.0 Å². The number of hydrogen-bond acceptors (Lipinski definition) is 4. The van der Waals surface area contributed by atoms with Crippen molar-refractivity contribution >= 4 is 15.2 Å². The Bertz CT molecular complexity index is 306. The maximum Gasteiger partial charge on any atom is 0.484 e. The van der Waals surface area contributed by atoms with Crippen LogP contribution in [0.1, 0.15) is 34.6 Å². The Kier molecular flexibility index (Phi) is 13.5. The molecule has 0 N–H and O–H groups in total. The van der Waals surface area contributed by atoms with Gasteiger partial charge in [-0.3, -0.25) is 0 Å². The SMILES string of the molecule is CCN(CC)c1ccccc1.CCO[SiH](OCC)OCC. The summed E-state index contributed by atoms with van der Waals surface area (Å²) >= 11 is 0. The second kappa shape index (κ2) is 14.1. The number of nitrogens with zero attached hydrogens (tertiary/aromatic N) is 1. The van der Waals surface area contributed by atoms with Gasteiger partial charge in [0.1, 0.15) is 0 Å². The van der Waals surface area contributed by atoms with Crippen molar-refractivity contribution in [3.8, 4) is 0 Å². The molecule has 0 atom stereocenters. The molecule has 1 aromatic rings. The highest BCUT2D eigenvalue weighted by Gasteiger charge is 2.11. The lowest BCUT2D eigenvalue weighted by molar-refractivity contribution is 0.107. The molecule has 0 aliphatic carbocycles. The molecule has 0 bridgehead atoms. The van der Waals surface area contributed by atoms with Gasteiger partial charge in [-0.05, 0) is 46.8 Å². The molecule has 0 aliphatic heterocycles. The van der Waals surface area contributed by atoms with E-state index in [1.54, 1.807) is 0 Å². The summed E-state index contributed by atoms with van der Waals surface area (Å²) in [6.45, 7) is 14.4. The number of benzene rings is 1. The van der Waals surface area contributed by atoms with E-state index < -0.39 is 9.53 Å². The number of hydrogen-bond donors (Lipinski definition) is 0. The number of para-hydroxylation sites is 1. The topological polar surface area (TPSA) is 30.9 Å². The van der Waals surface area contributed by atoms with Gasteiger partial charge in [0, 0.05) is 38.6 Å². The van der Waals surface area contributed by atoms with Gasteiger partial charge in [-0.1, -0.05) is 18.2 Å². The van der Waals surface area contributed by atoms with Crippen LogP contribution in [0.2, 0.25) is 0 Å². The fourth-order valence-electron chi connectivity index (χ4n) is 1.78. The Hall–Kier alpha value is -0.883. The Morgan fingerprint density at radius 1 is 0.762 bits per heavy atom. The fourth-order valence-corrected chi connectivity index (χ4v) is 2.89. The van der Waals surface area contributed by atoms with E-state index in [0.29, 0.717) is 19.8 Å². The predicted octanol–water partition coefficient (Wildman–Crippen LogP) is 3.35. The van der Waals surface area contributed by atoms with E-state index in [4.69, 9.17) is 13.3 Å². The van der Waals surface area contributed by atoms with Crippen molar-refractivity contribution in [3.05, 3.63) is 30.3 Å². The standard InChI is InChI=1S/C10H15N.C6H16O3Si/c1-3-11(4-2)10-8-6-5-7-9-10;1-4-7-10(8-5-2)9-6-3/h5-9H,3-4H2,1-2H3;10H,4-6H2,1-3H3. The molecule has 1 rings (SSSR count). The summed E-state index contributed by atoms with van der Waals surface area (Å²) in [5.41, 5.74) is 1.32. The zero-order chi connectivity index (χ0) is 15.9. The first kappa shape index (κ1) is 20.1. The van der Waals surface area contributed by atoms with Crippen LogP contribution in [0.4, 0.5) is 5.69 Å². The minimum absolute atomic E-state index is 0.677. The third-order valence-corrected chi connectivity index (χ3v) is 4.61. The first-order valence-electron chi connectivity index (χ1n) is 7.88. The van der Waals surface area contributed by atoms with Crippen LogP contribution < -0.4 is 4.90 Å². The normalized spacial score (nSPS) is 10.2. The van der Waals surface area contributed by atoms with Gasteiger partial charge in [-0.25, -0.2) is 0 Å². The zero-order valence-corrected chi connectivity index (χ0v) is 15.3. The quantitative estimate of drug-likeness (QED) is 0.654. The van der Waals surface area contributed by atoms with Crippen molar-refractivity contribution in [2.24, 2.45) is 0 Å². The molecule has 0 saturated carbocycles. The number of rotatable bonds is 9. The summed E-state index contributed by atoms with van der Waals surface area (Å²) in [7, 11) is -1.73. The van der Waals surface area contributed by atoms with Crippen LogP contribution in [0.25, 0.3) is 0 Å². The minimum Gasteiger partial charge on any atom is -0.376 e. The predicted molar refractivity (Wildman–Crippen MR) is 92.0 cm³/mol. The van der Waals surface area contributed by atoms with Crippen LogP contribution in [0, 0.1) is 0 Å². The summed E-state index contributed by atoms with van der Waals surface area (Å²) in [5.74, 6) is 0. The monoisotopic (exact) mass is 313 g/mol. The van der Waals surface area contributed by atoms with E-state index in [1.807, 2.05) is 26.8 Å². The Balaban J connectivity index is 0.000000384. The van der Waals surface area contributed by atoms with Crippen molar-refractivity contribution in [2.75, 3.05) is 37.8 Å². The van der Waals surface area contributed by atoms with Crippen LogP contribution >= 0.6 is 0 Å². The fraction of sp³-hybridized carbons (Fsp3) is 0.625. The van der Waals surface area contributed by atoms with Crippen LogP contribution in [0.3, 0.4) is 0 Å². The van der Waals surface area contributed by atoms with Gasteiger partial charge in [0.25, 0.3) is 0 Å².